The monoisotopic (exact) mass is 912 g/mol. The van der Waals surface area contributed by atoms with Crippen LogP contribution in [0.4, 0.5) is 0 Å². The lowest BCUT2D eigenvalue weighted by molar-refractivity contribution is -0.150. The van der Waals surface area contributed by atoms with Crippen molar-refractivity contribution in [2.24, 2.45) is 0 Å². The number of unbranched alkanes of at least 4 members (excludes halogenated alkanes) is 16. The van der Waals surface area contributed by atoms with Crippen molar-refractivity contribution < 1.29 is 24.5 Å². The average molecular weight is 912 g/mol. The fourth-order valence-electron chi connectivity index (χ4n) is 7.18. The van der Waals surface area contributed by atoms with Crippen molar-refractivity contribution in [3.63, 3.8) is 0 Å². The van der Waals surface area contributed by atoms with Crippen molar-refractivity contribution in [1.29, 1.82) is 0 Å². The smallest absolute Gasteiger partial charge is 0.306 e. The zero-order valence-electron chi connectivity index (χ0n) is 42.3. The Morgan fingerprint density at radius 1 is 0.485 bits per heavy atom. The van der Waals surface area contributed by atoms with Gasteiger partial charge in [-0.1, -0.05) is 264 Å². The van der Waals surface area contributed by atoms with E-state index in [9.17, 15) is 19.8 Å². The number of esters is 1. The van der Waals surface area contributed by atoms with E-state index in [0.717, 1.165) is 64.2 Å². The van der Waals surface area contributed by atoms with Gasteiger partial charge in [0, 0.05) is 12.8 Å². The SMILES string of the molecule is CC/C=C\C/C=C\C/C=C\C/C=C\C/C=C\C/C=C\CCC(=O)OC(C/C=C/C=C\C=C/C=C/C=C/CC)CC(=O)NC(CO)C(O)CCCCCCCCCCCCCCCCCCC. The number of amides is 1. The molecule has 6 heteroatoms. The van der Waals surface area contributed by atoms with Crippen molar-refractivity contribution in [3.05, 3.63) is 134 Å². The van der Waals surface area contributed by atoms with Gasteiger partial charge in [-0.15, -0.1) is 0 Å². The largest absolute Gasteiger partial charge is 0.461 e. The molecule has 0 saturated carbocycles. The van der Waals surface area contributed by atoms with Gasteiger partial charge in [0.2, 0.25) is 5.91 Å². The molecule has 0 rings (SSSR count). The molecule has 3 unspecified atom stereocenters. The van der Waals surface area contributed by atoms with Gasteiger partial charge in [0.05, 0.1) is 25.2 Å². The first kappa shape index (κ1) is 62.0. The predicted molar refractivity (Wildman–Crippen MR) is 286 cm³/mol. The molecule has 0 aliphatic heterocycles. The summed E-state index contributed by atoms with van der Waals surface area (Å²) in [4.78, 5) is 26.1. The first-order chi connectivity index (χ1) is 32.5. The minimum absolute atomic E-state index is 0.0575. The Morgan fingerprint density at radius 3 is 1.32 bits per heavy atom. The van der Waals surface area contributed by atoms with Crippen molar-refractivity contribution in [3.8, 4) is 0 Å². The maximum atomic E-state index is 13.2. The molecule has 0 aromatic carbocycles. The maximum Gasteiger partial charge on any atom is 0.306 e. The van der Waals surface area contributed by atoms with E-state index >= 15 is 0 Å². The van der Waals surface area contributed by atoms with Crippen LogP contribution in [0.5, 0.6) is 0 Å². The van der Waals surface area contributed by atoms with Gasteiger partial charge in [-0.3, -0.25) is 9.59 Å². The van der Waals surface area contributed by atoms with Gasteiger partial charge >= 0.3 is 5.97 Å². The molecule has 66 heavy (non-hydrogen) atoms. The third-order valence-corrected chi connectivity index (χ3v) is 11.1. The molecule has 0 saturated heterocycles. The molecular weight excluding hydrogens is 815 g/mol. The van der Waals surface area contributed by atoms with Crippen LogP contribution in [0.3, 0.4) is 0 Å². The fraction of sp³-hybridized carbons (Fsp3) is 0.600. The van der Waals surface area contributed by atoms with Gasteiger partial charge in [0.25, 0.3) is 0 Å². The van der Waals surface area contributed by atoms with Crippen LogP contribution >= 0.6 is 0 Å². The molecule has 372 valence electrons. The summed E-state index contributed by atoms with van der Waals surface area (Å²) in [6.07, 6.45) is 74.1. The summed E-state index contributed by atoms with van der Waals surface area (Å²) in [6.45, 7) is 6.16. The first-order valence-electron chi connectivity index (χ1n) is 26.5. The normalized spacial score (nSPS) is 14.3. The fourth-order valence-corrected chi connectivity index (χ4v) is 7.18. The molecule has 0 aliphatic carbocycles. The van der Waals surface area contributed by atoms with Crippen molar-refractivity contribution in [1.82, 2.24) is 5.32 Å². The second kappa shape index (κ2) is 52.0. The van der Waals surface area contributed by atoms with E-state index in [0.29, 0.717) is 19.3 Å². The summed E-state index contributed by atoms with van der Waals surface area (Å²) in [7, 11) is 0. The number of hydrogen-bond acceptors (Lipinski definition) is 5. The third-order valence-electron chi connectivity index (χ3n) is 11.1. The summed E-state index contributed by atoms with van der Waals surface area (Å²) in [5, 5.41) is 23.7. The second-order valence-corrected chi connectivity index (χ2v) is 17.3. The van der Waals surface area contributed by atoms with E-state index in [4.69, 9.17) is 4.74 Å². The summed E-state index contributed by atoms with van der Waals surface area (Å²) in [5.74, 6) is -0.721. The molecule has 0 aromatic heterocycles. The van der Waals surface area contributed by atoms with Crippen LogP contribution in [0.25, 0.3) is 0 Å². The average Bonchev–Trinajstić information content (AvgIpc) is 3.31. The number of rotatable bonds is 45. The number of nitrogens with one attached hydrogen (secondary N) is 1. The van der Waals surface area contributed by atoms with Crippen LogP contribution in [0.15, 0.2) is 134 Å². The highest BCUT2D eigenvalue weighted by molar-refractivity contribution is 5.77. The Kier molecular flexibility index (Phi) is 48.8. The second-order valence-electron chi connectivity index (χ2n) is 17.3. The quantitative estimate of drug-likeness (QED) is 0.0245. The minimum Gasteiger partial charge on any atom is -0.461 e. The molecule has 1 amide bonds. The van der Waals surface area contributed by atoms with Crippen molar-refractivity contribution >= 4 is 11.9 Å². The van der Waals surface area contributed by atoms with Gasteiger partial charge in [-0.05, 0) is 57.8 Å². The van der Waals surface area contributed by atoms with Crippen molar-refractivity contribution in [2.45, 2.75) is 225 Å². The van der Waals surface area contributed by atoms with E-state index in [-0.39, 0.29) is 31.3 Å². The summed E-state index contributed by atoms with van der Waals surface area (Å²) in [5.41, 5.74) is 0. The Labute approximate surface area is 405 Å². The molecule has 3 N–H and O–H groups in total. The number of carbonyl (C=O) groups excluding carboxylic acids is 2. The lowest BCUT2D eigenvalue weighted by Crippen LogP contribution is -2.46. The number of allylic oxidation sites excluding steroid dienone is 21. The Balaban J connectivity index is 4.72. The lowest BCUT2D eigenvalue weighted by Gasteiger charge is -2.24. The molecule has 0 spiro atoms. The van der Waals surface area contributed by atoms with Gasteiger partial charge < -0.3 is 20.3 Å². The van der Waals surface area contributed by atoms with E-state index in [2.05, 4.69) is 99.0 Å². The summed E-state index contributed by atoms with van der Waals surface area (Å²) < 4.78 is 5.80. The Morgan fingerprint density at radius 2 is 0.879 bits per heavy atom. The van der Waals surface area contributed by atoms with Crippen LogP contribution < -0.4 is 5.32 Å². The highest BCUT2D eigenvalue weighted by Crippen LogP contribution is 2.16. The van der Waals surface area contributed by atoms with E-state index in [1.807, 2.05) is 60.8 Å². The van der Waals surface area contributed by atoms with Gasteiger partial charge in [0.1, 0.15) is 6.10 Å². The van der Waals surface area contributed by atoms with E-state index in [1.165, 1.54) is 89.9 Å². The van der Waals surface area contributed by atoms with Crippen LogP contribution in [0.2, 0.25) is 0 Å². The Hall–Kier alpha value is -4.00. The standard InChI is InChI=1S/C60H97NO5/c1-4-7-10-13-16-19-22-24-26-28-29-31-33-35-38-41-44-47-50-53-60(65)66-56(51-48-45-42-39-36-21-18-15-12-9-6-3)54-59(64)61-57(55-62)58(63)52-49-46-43-40-37-34-32-30-27-25-23-20-17-14-11-8-5-2/h7,9-10,12,15-16,18-19,21,24,26,29,31,35-36,38-39,42,44-45,47-48,56-58,62-63H,4-6,8,11,13-14,17,20,22-23,25,27-28,30,32-34,37,40-41,43,46,49-55H2,1-3H3,(H,61,64)/b10-7-,12-9+,18-15+,19-16-,26-24-,31-29-,36-21-,38-35-,42-39-,47-44-,48-45+. The van der Waals surface area contributed by atoms with Crippen molar-refractivity contribution in [2.75, 3.05) is 6.61 Å². The van der Waals surface area contributed by atoms with Gasteiger partial charge in [0.15, 0.2) is 0 Å². The molecule has 6 nitrogen and oxygen atoms in total. The van der Waals surface area contributed by atoms with E-state index in [1.54, 1.807) is 0 Å². The minimum atomic E-state index is -0.840. The van der Waals surface area contributed by atoms with Crippen LogP contribution in [0, 0.1) is 0 Å². The van der Waals surface area contributed by atoms with E-state index < -0.39 is 18.2 Å². The molecule has 0 heterocycles. The van der Waals surface area contributed by atoms with Gasteiger partial charge in [-0.25, -0.2) is 0 Å². The van der Waals surface area contributed by atoms with Crippen LogP contribution in [-0.2, 0) is 14.3 Å². The number of aliphatic hydroxyl groups is 2. The summed E-state index contributed by atoms with van der Waals surface area (Å²) in [6, 6.07) is -0.764. The molecule has 0 fully saturated rings. The molecular formula is C60H97NO5. The van der Waals surface area contributed by atoms with Gasteiger partial charge in [-0.2, -0.15) is 0 Å². The Bertz CT molecular complexity index is 1440. The van der Waals surface area contributed by atoms with Crippen LogP contribution in [0.1, 0.15) is 207 Å². The number of carbonyl (C=O) groups is 2. The number of aliphatic hydroxyl groups excluding tert-OH is 2. The van der Waals surface area contributed by atoms with Crippen LogP contribution in [-0.4, -0.2) is 46.9 Å². The number of ether oxygens (including phenoxy) is 1. The lowest BCUT2D eigenvalue weighted by atomic mass is 10.0. The predicted octanol–water partition coefficient (Wildman–Crippen LogP) is 16.2. The number of hydrogen-bond donors (Lipinski definition) is 3. The molecule has 0 aromatic rings. The molecule has 3 atom stereocenters. The first-order valence-corrected chi connectivity index (χ1v) is 26.5. The highest BCUT2D eigenvalue weighted by Gasteiger charge is 2.23. The topological polar surface area (TPSA) is 95.9 Å². The zero-order chi connectivity index (χ0) is 48.1. The maximum absolute atomic E-state index is 13.2. The molecule has 0 bridgehead atoms. The summed E-state index contributed by atoms with van der Waals surface area (Å²) >= 11 is 0. The zero-order valence-corrected chi connectivity index (χ0v) is 42.3. The molecule has 0 aliphatic rings. The third kappa shape index (κ3) is 46.5. The molecule has 0 radical (unpaired) electrons. The highest BCUT2D eigenvalue weighted by atomic mass is 16.5.